The van der Waals surface area contributed by atoms with Crippen LogP contribution in [0.2, 0.25) is 0 Å². The van der Waals surface area contributed by atoms with Gasteiger partial charge in [-0.3, -0.25) is 9.59 Å². The molecule has 3 aromatic rings. The van der Waals surface area contributed by atoms with Crippen LogP contribution in [0.5, 0.6) is 5.75 Å². The Morgan fingerprint density at radius 1 is 1.13 bits per heavy atom. The molecule has 0 atom stereocenters. The number of hydrogen-bond donors (Lipinski definition) is 2. The number of primary amides is 1. The van der Waals surface area contributed by atoms with E-state index >= 15 is 0 Å². The molecule has 1 heterocycles. The van der Waals surface area contributed by atoms with Gasteiger partial charge >= 0.3 is 0 Å². The number of hydrogen-bond acceptors (Lipinski definition) is 6. The van der Waals surface area contributed by atoms with E-state index in [1.807, 2.05) is 39.1 Å². The molecule has 8 nitrogen and oxygen atoms in total. The predicted octanol–water partition coefficient (Wildman–Crippen LogP) is 2.84. The predicted molar refractivity (Wildman–Crippen MR) is 116 cm³/mol. The van der Waals surface area contributed by atoms with E-state index < -0.39 is 5.91 Å². The van der Waals surface area contributed by atoms with Crippen LogP contribution in [0.1, 0.15) is 27.3 Å². The number of nitrogens with one attached hydrogen (secondary N) is 1. The molecule has 2 aromatic carbocycles. The van der Waals surface area contributed by atoms with Crippen molar-refractivity contribution in [2.75, 3.05) is 11.1 Å². The zero-order chi connectivity index (χ0) is 21.7. The van der Waals surface area contributed by atoms with Gasteiger partial charge in [0.2, 0.25) is 5.91 Å². The monoisotopic (exact) mass is 425 g/mol. The van der Waals surface area contributed by atoms with Crippen molar-refractivity contribution in [3.05, 3.63) is 65.0 Å². The van der Waals surface area contributed by atoms with Crippen LogP contribution in [0.15, 0.2) is 47.6 Å². The number of amides is 2. The van der Waals surface area contributed by atoms with Crippen molar-refractivity contribution in [1.82, 2.24) is 14.8 Å². The lowest BCUT2D eigenvalue weighted by molar-refractivity contribution is -0.113. The Balaban J connectivity index is 1.58. The first-order valence-corrected chi connectivity index (χ1v) is 10.2. The number of para-hydroxylation sites is 1. The summed E-state index contributed by atoms with van der Waals surface area (Å²) in [6.07, 6.45) is 0. The lowest BCUT2D eigenvalue weighted by atomic mass is 10.1. The highest BCUT2D eigenvalue weighted by Gasteiger charge is 2.14. The summed E-state index contributed by atoms with van der Waals surface area (Å²) in [6, 6.07) is 12.5. The Hall–Kier alpha value is -3.33. The Bertz CT molecular complexity index is 1080. The average molecular weight is 426 g/mol. The maximum absolute atomic E-state index is 12.3. The van der Waals surface area contributed by atoms with Gasteiger partial charge in [0.25, 0.3) is 5.91 Å². The SMILES string of the molecule is Cc1cccc(OCc2nnc(SCC(=O)Nc3ccccc3C(N)=O)n2C)c1C. The van der Waals surface area contributed by atoms with Gasteiger partial charge in [0, 0.05) is 7.05 Å². The molecule has 0 saturated carbocycles. The molecule has 0 aliphatic rings. The molecule has 2 amide bonds. The summed E-state index contributed by atoms with van der Waals surface area (Å²) < 4.78 is 7.67. The maximum atomic E-state index is 12.3. The van der Waals surface area contributed by atoms with E-state index in [2.05, 4.69) is 15.5 Å². The molecular weight excluding hydrogens is 402 g/mol. The minimum Gasteiger partial charge on any atom is -0.485 e. The van der Waals surface area contributed by atoms with Gasteiger partial charge in [0.05, 0.1) is 17.0 Å². The highest BCUT2D eigenvalue weighted by molar-refractivity contribution is 7.99. The van der Waals surface area contributed by atoms with Crippen molar-refractivity contribution in [2.45, 2.75) is 25.6 Å². The third kappa shape index (κ3) is 4.98. The van der Waals surface area contributed by atoms with E-state index in [0.29, 0.717) is 16.7 Å². The second kappa shape index (κ2) is 9.45. The largest absolute Gasteiger partial charge is 0.485 e. The first-order valence-electron chi connectivity index (χ1n) is 9.25. The summed E-state index contributed by atoms with van der Waals surface area (Å²) in [5.41, 5.74) is 8.23. The molecule has 0 bridgehead atoms. The Morgan fingerprint density at radius 2 is 1.90 bits per heavy atom. The van der Waals surface area contributed by atoms with E-state index in [-0.39, 0.29) is 23.8 Å². The fourth-order valence-corrected chi connectivity index (χ4v) is 3.47. The van der Waals surface area contributed by atoms with Crippen LogP contribution < -0.4 is 15.8 Å². The highest BCUT2D eigenvalue weighted by atomic mass is 32.2. The molecule has 3 N–H and O–H groups in total. The summed E-state index contributed by atoms with van der Waals surface area (Å²) in [4.78, 5) is 23.8. The topological polar surface area (TPSA) is 112 Å². The summed E-state index contributed by atoms with van der Waals surface area (Å²) in [5, 5.41) is 11.6. The zero-order valence-corrected chi connectivity index (χ0v) is 17.8. The van der Waals surface area contributed by atoms with Crippen molar-refractivity contribution in [3.63, 3.8) is 0 Å². The molecule has 0 radical (unpaired) electrons. The van der Waals surface area contributed by atoms with E-state index in [4.69, 9.17) is 10.5 Å². The smallest absolute Gasteiger partial charge is 0.250 e. The van der Waals surface area contributed by atoms with Gasteiger partial charge in [-0.1, -0.05) is 36.0 Å². The molecule has 0 fully saturated rings. The standard InChI is InChI=1S/C21H23N5O3S/c1-13-7-6-10-17(14(13)2)29-11-18-24-25-21(26(18)3)30-12-19(27)23-16-9-5-4-8-15(16)20(22)28/h4-10H,11-12H2,1-3H3,(H2,22,28)(H,23,27). The minimum absolute atomic E-state index is 0.108. The lowest BCUT2D eigenvalue weighted by Gasteiger charge is -2.10. The number of aryl methyl sites for hydroxylation is 1. The maximum Gasteiger partial charge on any atom is 0.250 e. The highest BCUT2D eigenvalue weighted by Crippen LogP contribution is 2.22. The van der Waals surface area contributed by atoms with E-state index in [1.165, 1.54) is 11.8 Å². The quantitative estimate of drug-likeness (QED) is 0.537. The number of nitrogens with zero attached hydrogens (tertiary/aromatic N) is 3. The molecule has 0 aliphatic carbocycles. The van der Waals surface area contributed by atoms with Gasteiger partial charge in [0.15, 0.2) is 11.0 Å². The third-order valence-corrected chi connectivity index (χ3v) is 5.66. The second-order valence-electron chi connectivity index (χ2n) is 6.69. The van der Waals surface area contributed by atoms with Gasteiger partial charge in [-0.05, 0) is 43.2 Å². The molecule has 9 heteroatoms. The van der Waals surface area contributed by atoms with E-state index in [9.17, 15) is 9.59 Å². The van der Waals surface area contributed by atoms with Crippen LogP contribution in [-0.4, -0.2) is 32.3 Å². The molecule has 30 heavy (non-hydrogen) atoms. The molecule has 156 valence electrons. The summed E-state index contributed by atoms with van der Waals surface area (Å²) in [5.74, 6) is 0.694. The van der Waals surface area contributed by atoms with E-state index in [0.717, 1.165) is 16.9 Å². The number of aromatic nitrogens is 3. The van der Waals surface area contributed by atoms with Crippen molar-refractivity contribution < 1.29 is 14.3 Å². The van der Waals surface area contributed by atoms with Crippen molar-refractivity contribution in [2.24, 2.45) is 12.8 Å². The summed E-state index contributed by atoms with van der Waals surface area (Å²) in [6.45, 7) is 4.32. The van der Waals surface area contributed by atoms with Crippen molar-refractivity contribution >= 4 is 29.3 Å². The van der Waals surface area contributed by atoms with Crippen LogP contribution in [0.25, 0.3) is 0 Å². The number of ether oxygens (including phenoxy) is 1. The second-order valence-corrected chi connectivity index (χ2v) is 7.63. The van der Waals surface area contributed by atoms with Crippen LogP contribution in [0, 0.1) is 13.8 Å². The molecule has 3 rings (SSSR count). The zero-order valence-electron chi connectivity index (χ0n) is 17.0. The van der Waals surface area contributed by atoms with Crippen LogP contribution in [0.3, 0.4) is 0 Å². The number of benzene rings is 2. The number of rotatable bonds is 8. The Morgan fingerprint density at radius 3 is 2.67 bits per heavy atom. The van der Waals surface area contributed by atoms with Gasteiger partial charge in [-0.2, -0.15) is 0 Å². The first-order chi connectivity index (χ1) is 14.4. The van der Waals surface area contributed by atoms with Gasteiger partial charge in [-0.25, -0.2) is 0 Å². The molecular formula is C21H23N5O3S. The number of thioether (sulfide) groups is 1. The normalized spacial score (nSPS) is 10.6. The van der Waals surface area contributed by atoms with Gasteiger partial charge < -0.3 is 20.4 Å². The molecule has 0 aliphatic heterocycles. The Labute approximate surface area is 178 Å². The third-order valence-electron chi connectivity index (χ3n) is 4.64. The fourth-order valence-electron chi connectivity index (χ4n) is 2.74. The lowest BCUT2D eigenvalue weighted by Crippen LogP contribution is -2.19. The van der Waals surface area contributed by atoms with Crippen LogP contribution >= 0.6 is 11.8 Å². The molecule has 0 saturated heterocycles. The number of carbonyl (C=O) groups is 2. The van der Waals surface area contributed by atoms with Crippen LogP contribution in [0.4, 0.5) is 5.69 Å². The number of nitrogens with two attached hydrogens (primary N) is 1. The average Bonchev–Trinajstić information content (AvgIpc) is 3.07. The summed E-state index contributed by atoms with van der Waals surface area (Å²) >= 11 is 1.24. The van der Waals surface area contributed by atoms with Crippen LogP contribution in [-0.2, 0) is 18.4 Å². The van der Waals surface area contributed by atoms with Gasteiger partial charge in [-0.15, -0.1) is 10.2 Å². The molecule has 1 aromatic heterocycles. The number of carbonyl (C=O) groups excluding carboxylic acids is 2. The fraction of sp³-hybridized carbons (Fsp3) is 0.238. The molecule has 0 spiro atoms. The Kier molecular flexibility index (Phi) is 6.73. The van der Waals surface area contributed by atoms with Crippen molar-refractivity contribution in [1.29, 1.82) is 0 Å². The minimum atomic E-state index is -0.597. The van der Waals surface area contributed by atoms with Crippen molar-refractivity contribution in [3.8, 4) is 5.75 Å². The first kappa shape index (κ1) is 21.4. The molecule has 0 unspecified atom stereocenters. The number of anilines is 1. The summed E-state index contributed by atoms with van der Waals surface area (Å²) in [7, 11) is 1.82. The van der Waals surface area contributed by atoms with E-state index in [1.54, 1.807) is 28.8 Å². The van der Waals surface area contributed by atoms with Gasteiger partial charge in [0.1, 0.15) is 12.4 Å².